The summed E-state index contributed by atoms with van der Waals surface area (Å²) in [6.07, 6.45) is 1.63. The Kier molecular flexibility index (Phi) is 8.31. The largest absolute Gasteiger partial charge is 0.466 e. The number of likely N-dealkylation sites (tertiary alicyclic amines) is 1. The van der Waals surface area contributed by atoms with Gasteiger partial charge in [-0.25, -0.2) is 0 Å². The van der Waals surface area contributed by atoms with E-state index in [1.165, 1.54) is 11.1 Å². The Labute approximate surface area is 174 Å². The number of guanidine groups is 1. The maximum Gasteiger partial charge on any atom is 0.309 e. The summed E-state index contributed by atoms with van der Waals surface area (Å²) in [5.41, 5.74) is 2.57. The molecule has 2 heterocycles. The molecule has 2 aliphatic heterocycles. The third-order valence-corrected chi connectivity index (χ3v) is 5.61. The van der Waals surface area contributed by atoms with Gasteiger partial charge >= 0.3 is 5.97 Å². The molecule has 7 heteroatoms. The average molecular weight is 403 g/mol. The molecule has 0 aliphatic carbocycles. The second kappa shape index (κ2) is 11.2. The van der Waals surface area contributed by atoms with E-state index in [4.69, 9.17) is 9.47 Å². The predicted octanol–water partition coefficient (Wildman–Crippen LogP) is 1.87. The topological polar surface area (TPSA) is 66.4 Å². The van der Waals surface area contributed by atoms with Crippen molar-refractivity contribution < 1.29 is 14.3 Å². The Bertz CT molecular complexity index is 663. The van der Waals surface area contributed by atoms with Crippen LogP contribution in [-0.4, -0.2) is 74.8 Å². The molecule has 0 atom stereocenters. The van der Waals surface area contributed by atoms with Gasteiger partial charge in [0.1, 0.15) is 0 Å². The van der Waals surface area contributed by atoms with Crippen molar-refractivity contribution >= 4 is 11.9 Å². The number of benzene rings is 1. The van der Waals surface area contributed by atoms with E-state index in [1.54, 1.807) is 0 Å². The number of aliphatic imine (C=N–C) groups is 1. The summed E-state index contributed by atoms with van der Waals surface area (Å²) in [6.45, 7) is 9.34. The number of carbonyl (C=O) groups is 1. The lowest BCUT2D eigenvalue weighted by atomic mass is 9.97. The zero-order valence-corrected chi connectivity index (χ0v) is 17.7. The van der Waals surface area contributed by atoms with E-state index >= 15 is 0 Å². The van der Waals surface area contributed by atoms with Gasteiger partial charge in [0.2, 0.25) is 0 Å². The van der Waals surface area contributed by atoms with E-state index in [1.807, 2.05) is 14.0 Å². The molecule has 3 rings (SSSR count). The Balaban J connectivity index is 1.44. The van der Waals surface area contributed by atoms with Gasteiger partial charge in [0.25, 0.3) is 0 Å². The van der Waals surface area contributed by atoms with Crippen LogP contribution in [0.5, 0.6) is 0 Å². The van der Waals surface area contributed by atoms with Crippen LogP contribution in [-0.2, 0) is 27.4 Å². The summed E-state index contributed by atoms with van der Waals surface area (Å²) < 4.78 is 10.6. The molecule has 29 heavy (non-hydrogen) atoms. The first-order chi connectivity index (χ1) is 14.2. The molecule has 0 spiro atoms. The lowest BCUT2D eigenvalue weighted by Crippen LogP contribution is -2.46. The van der Waals surface area contributed by atoms with Crippen molar-refractivity contribution in [3.63, 3.8) is 0 Å². The van der Waals surface area contributed by atoms with Gasteiger partial charge in [-0.05, 0) is 30.9 Å². The van der Waals surface area contributed by atoms with Crippen molar-refractivity contribution in [3.8, 4) is 0 Å². The van der Waals surface area contributed by atoms with Gasteiger partial charge < -0.3 is 19.7 Å². The van der Waals surface area contributed by atoms with Crippen LogP contribution >= 0.6 is 0 Å². The number of ether oxygens (including phenoxy) is 2. The van der Waals surface area contributed by atoms with Gasteiger partial charge in [-0.1, -0.05) is 24.3 Å². The number of piperidine rings is 1. The fourth-order valence-corrected chi connectivity index (χ4v) is 3.88. The van der Waals surface area contributed by atoms with Crippen molar-refractivity contribution in [2.75, 3.05) is 53.0 Å². The molecule has 0 saturated carbocycles. The summed E-state index contributed by atoms with van der Waals surface area (Å²) in [6, 6.07) is 8.78. The molecular weight excluding hydrogens is 368 g/mol. The average Bonchev–Trinajstić information content (AvgIpc) is 2.76. The highest BCUT2D eigenvalue weighted by Gasteiger charge is 2.27. The number of nitrogens with zero attached hydrogens (tertiary/aromatic N) is 3. The monoisotopic (exact) mass is 402 g/mol. The molecule has 0 bridgehead atoms. The molecule has 160 valence electrons. The Morgan fingerprint density at radius 2 is 1.79 bits per heavy atom. The third kappa shape index (κ3) is 6.44. The number of hydrogen-bond acceptors (Lipinski definition) is 5. The Morgan fingerprint density at radius 1 is 1.14 bits per heavy atom. The lowest BCUT2D eigenvalue weighted by molar-refractivity contribution is -0.149. The number of esters is 1. The molecule has 2 saturated heterocycles. The molecule has 1 aromatic carbocycles. The van der Waals surface area contributed by atoms with Crippen LogP contribution in [0.1, 0.15) is 30.9 Å². The van der Waals surface area contributed by atoms with Crippen molar-refractivity contribution in [2.45, 2.75) is 32.9 Å². The van der Waals surface area contributed by atoms with Crippen molar-refractivity contribution in [2.24, 2.45) is 10.9 Å². The van der Waals surface area contributed by atoms with E-state index in [9.17, 15) is 4.79 Å². The molecular formula is C22H34N4O3. The van der Waals surface area contributed by atoms with Crippen LogP contribution in [0.3, 0.4) is 0 Å². The number of rotatable bonds is 6. The summed E-state index contributed by atoms with van der Waals surface area (Å²) in [5.74, 6) is 0.847. The maximum atomic E-state index is 11.9. The number of hydrogen-bond donors (Lipinski definition) is 1. The van der Waals surface area contributed by atoms with Crippen LogP contribution in [0.15, 0.2) is 29.3 Å². The number of carbonyl (C=O) groups excluding carboxylic acids is 1. The minimum Gasteiger partial charge on any atom is -0.466 e. The molecule has 0 aromatic heterocycles. The van der Waals surface area contributed by atoms with Gasteiger partial charge in [0.15, 0.2) is 5.96 Å². The van der Waals surface area contributed by atoms with Gasteiger partial charge in [0, 0.05) is 46.3 Å². The van der Waals surface area contributed by atoms with Gasteiger partial charge in [-0.15, -0.1) is 0 Å². The van der Waals surface area contributed by atoms with Crippen LogP contribution < -0.4 is 5.32 Å². The number of morpholine rings is 1. The molecule has 2 aliphatic rings. The fraction of sp³-hybridized carbons (Fsp3) is 0.636. The Morgan fingerprint density at radius 3 is 2.41 bits per heavy atom. The predicted molar refractivity (Wildman–Crippen MR) is 114 cm³/mol. The summed E-state index contributed by atoms with van der Waals surface area (Å²) in [7, 11) is 1.81. The summed E-state index contributed by atoms with van der Waals surface area (Å²) in [4.78, 5) is 21.0. The zero-order chi connectivity index (χ0) is 20.5. The molecule has 1 aromatic rings. The zero-order valence-electron chi connectivity index (χ0n) is 17.7. The molecule has 1 N–H and O–H groups in total. The highest BCUT2D eigenvalue weighted by molar-refractivity contribution is 5.80. The normalized spacial score (nSPS) is 19.2. The molecule has 7 nitrogen and oxygen atoms in total. The van der Waals surface area contributed by atoms with Gasteiger partial charge in [-0.2, -0.15) is 0 Å². The molecule has 0 amide bonds. The summed E-state index contributed by atoms with van der Waals surface area (Å²) in [5, 5.41) is 3.46. The second-order valence-corrected chi connectivity index (χ2v) is 7.62. The van der Waals surface area contributed by atoms with Crippen LogP contribution in [0, 0.1) is 5.92 Å². The van der Waals surface area contributed by atoms with Crippen molar-refractivity contribution in [1.29, 1.82) is 0 Å². The molecule has 2 fully saturated rings. The van der Waals surface area contributed by atoms with Gasteiger partial charge in [0.05, 0.1) is 25.7 Å². The third-order valence-electron chi connectivity index (χ3n) is 5.61. The lowest BCUT2D eigenvalue weighted by Gasteiger charge is -2.33. The molecule has 0 radical (unpaired) electrons. The van der Waals surface area contributed by atoms with E-state index in [2.05, 4.69) is 44.4 Å². The first kappa shape index (κ1) is 21.6. The first-order valence-corrected chi connectivity index (χ1v) is 10.7. The second-order valence-electron chi connectivity index (χ2n) is 7.62. The van der Waals surface area contributed by atoms with Crippen LogP contribution in [0.2, 0.25) is 0 Å². The SMILES string of the molecule is CCOC(=O)C1CCN(C(=NC)NCc2ccc(CN3CCOCC3)cc2)CC1. The standard InChI is InChI=1S/C22H34N4O3/c1-3-29-21(27)20-8-10-26(11-9-20)22(23-2)24-16-18-4-6-19(7-5-18)17-25-12-14-28-15-13-25/h4-7,20H,3,8-17H2,1-2H3,(H,23,24). The summed E-state index contributed by atoms with van der Waals surface area (Å²) >= 11 is 0. The number of nitrogens with one attached hydrogen (secondary N) is 1. The highest BCUT2D eigenvalue weighted by Crippen LogP contribution is 2.19. The van der Waals surface area contributed by atoms with E-state index in [0.717, 1.165) is 71.3 Å². The minimum absolute atomic E-state index is 0.0170. The molecule has 0 unspecified atom stereocenters. The maximum absolute atomic E-state index is 11.9. The van der Waals surface area contributed by atoms with E-state index in [-0.39, 0.29) is 11.9 Å². The highest BCUT2D eigenvalue weighted by atomic mass is 16.5. The first-order valence-electron chi connectivity index (χ1n) is 10.7. The minimum atomic E-state index is -0.0627. The fourth-order valence-electron chi connectivity index (χ4n) is 3.88. The van der Waals surface area contributed by atoms with Crippen LogP contribution in [0.25, 0.3) is 0 Å². The van der Waals surface area contributed by atoms with E-state index in [0.29, 0.717) is 6.61 Å². The quantitative estimate of drug-likeness (QED) is 0.445. The van der Waals surface area contributed by atoms with Crippen molar-refractivity contribution in [3.05, 3.63) is 35.4 Å². The van der Waals surface area contributed by atoms with Crippen molar-refractivity contribution in [1.82, 2.24) is 15.1 Å². The smallest absolute Gasteiger partial charge is 0.309 e. The van der Waals surface area contributed by atoms with Gasteiger partial charge in [-0.3, -0.25) is 14.7 Å². The Hall–Kier alpha value is -2.12. The van der Waals surface area contributed by atoms with E-state index < -0.39 is 0 Å². The van der Waals surface area contributed by atoms with Crippen LogP contribution in [0.4, 0.5) is 0 Å².